The molecule has 4 rings (SSSR count). The molecular weight excluding hydrogens is 452 g/mol. The second kappa shape index (κ2) is 10.1. The fourth-order valence-corrected chi connectivity index (χ4v) is 5.15. The minimum Gasteiger partial charge on any atom is -0.459 e. The number of thiophene rings is 1. The van der Waals surface area contributed by atoms with Gasteiger partial charge in [-0.3, -0.25) is 19.1 Å². The first kappa shape index (κ1) is 24.1. The molecule has 0 atom stereocenters. The molecule has 1 N–H and O–H groups in total. The van der Waals surface area contributed by atoms with Crippen molar-refractivity contribution in [3.8, 4) is 0 Å². The van der Waals surface area contributed by atoms with E-state index in [1.165, 1.54) is 15.9 Å². The van der Waals surface area contributed by atoms with Crippen molar-refractivity contribution < 1.29 is 14.3 Å². The number of amides is 1. The second-order valence-electron chi connectivity index (χ2n) is 8.95. The van der Waals surface area contributed by atoms with Crippen molar-refractivity contribution in [3.63, 3.8) is 0 Å². The largest absolute Gasteiger partial charge is 0.459 e. The number of hydrogen-bond donors (Lipinski definition) is 1. The van der Waals surface area contributed by atoms with Crippen LogP contribution in [0.3, 0.4) is 0 Å². The summed E-state index contributed by atoms with van der Waals surface area (Å²) in [6, 6.07) is 6.51. The zero-order chi connectivity index (χ0) is 24.4. The number of aromatic nitrogens is 2. The zero-order valence-electron chi connectivity index (χ0n) is 20.0. The Hall–Kier alpha value is -3.04. The van der Waals surface area contributed by atoms with Crippen LogP contribution in [0.15, 0.2) is 29.1 Å². The van der Waals surface area contributed by atoms with Crippen LogP contribution in [0, 0.1) is 13.8 Å². The highest BCUT2D eigenvalue weighted by atomic mass is 32.1. The molecule has 1 aliphatic rings. The van der Waals surface area contributed by atoms with E-state index in [0.29, 0.717) is 29.0 Å². The first-order valence-corrected chi connectivity index (χ1v) is 12.4. The monoisotopic (exact) mass is 482 g/mol. The number of nitrogens with zero attached hydrogens (tertiary/aromatic N) is 3. The summed E-state index contributed by atoms with van der Waals surface area (Å²) in [5, 5.41) is 3.41. The molecule has 1 saturated heterocycles. The van der Waals surface area contributed by atoms with Crippen LogP contribution in [0.25, 0.3) is 10.2 Å². The lowest BCUT2D eigenvalue weighted by Crippen LogP contribution is -2.33. The van der Waals surface area contributed by atoms with E-state index in [1.807, 2.05) is 13.8 Å². The molecule has 1 aliphatic heterocycles. The van der Waals surface area contributed by atoms with Crippen molar-refractivity contribution in [2.24, 2.45) is 0 Å². The lowest BCUT2D eigenvalue weighted by molar-refractivity contribution is -0.116. The number of benzene rings is 1. The molecule has 3 aromatic rings. The van der Waals surface area contributed by atoms with Gasteiger partial charge in [-0.2, -0.15) is 0 Å². The number of likely N-dealkylation sites (tertiary alicyclic amines) is 1. The number of nitrogens with one attached hydrogen (secondary N) is 1. The van der Waals surface area contributed by atoms with Gasteiger partial charge < -0.3 is 10.1 Å². The maximum absolute atomic E-state index is 13.4. The highest BCUT2D eigenvalue weighted by molar-refractivity contribution is 7.18. The Morgan fingerprint density at radius 2 is 1.82 bits per heavy atom. The van der Waals surface area contributed by atoms with Gasteiger partial charge in [0.05, 0.1) is 23.6 Å². The van der Waals surface area contributed by atoms with E-state index in [0.717, 1.165) is 41.2 Å². The minimum atomic E-state index is -0.410. The number of rotatable bonds is 7. The maximum atomic E-state index is 13.4. The lowest BCUT2D eigenvalue weighted by atomic mass is 10.2. The smallest absolute Gasteiger partial charge is 0.338 e. The van der Waals surface area contributed by atoms with E-state index < -0.39 is 5.97 Å². The number of ether oxygens (including phenoxy) is 1. The summed E-state index contributed by atoms with van der Waals surface area (Å²) in [6.07, 6.45) is 2.05. The quantitative estimate of drug-likeness (QED) is 0.514. The molecule has 1 fully saturated rings. The Labute approximate surface area is 202 Å². The van der Waals surface area contributed by atoms with Crippen molar-refractivity contribution in [1.82, 2.24) is 14.5 Å². The predicted octanol–water partition coefficient (Wildman–Crippen LogP) is 3.87. The van der Waals surface area contributed by atoms with Crippen LogP contribution in [0.4, 0.5) is 5.69 Å². The van der Waals surface area contributed by atoms with Crippen molar-refractivity contribution in [2.45, 2.75) is 59.7 Å². The summed E-state index contributed by atoms with van der Waals surface area (Å²) in [4.78, 5) is 47.2. The van der Waals surface area contributed by atoms with Crippen LogP contribution >= 0.6 is 11.3 Å². The first-order valence-electron chi connectivity index (χ1n) is 11.6. The van der Waals surface area contributed by atoms with Crippen LogP contribution < -0.4 is 10.9 Å². The Morgan fingerprint density at radius 1 is 1.15 bits per heavy atom. The Balaban J connectivity index is 1.57. The van der Waals surface area contributed by atoms with E-state index in [-0.39, 0.29) is 24.1 Å². The van der Waals surface area contributed by atoms with Crippen molar-refractivity contribution >= 4 is 39.1 Å². The Morgan fingerprint density at radius 3 is 2.47 bits per heavy atom. The van der Waals surface area contributed by atoms with Gasteiger partial charge in [-0.1, -0.05) is 0 Å². The van der Waals surface area contributed by atoms with Gasteiger partial charge in [0.25, 0.3) is 5.56 Å². The molecular formula is C25H30N4O4S. The van der Waals surface area contributed by atoms with Crippen LogP contribution in [0.1, 0.15) is 53.3 Å². The van der Waals surface area contributed by atoms with E-state index in [9.17, 15) is 14.4 Å². The molecule has 9 heteroatoms. The van der Waals surface area contributed by atoms with E-state index in [2.05, 4.69) is 10.2 Å². The molecule has 1 amide bonds. The molecule has 8 nitrogen and oxygen atoms in total. The third-order valence-corrected chi connectivity index (χ3v) is 7.08. The van der Waals surface area contributed by atoms with E-state index in [1.54, 1.807) is 38.1 Å². The lowest BCUT2D eigenvalue weighted by Gasteiger charge is -2.18. The average Bonchev–Trinajstić information content (AvgIpc) is 3.38. The summed E-state index contributed by atoms with van der Waals surface area (Å²) in [6.45, 7) is 9.83. The molecule has 34 heavy (non-hydrogen) atoms. The van der Waals surface area contributed by atoms with Gasteiger partial charge in [0, 0.05) is 10.6 Å². The predicted molar refractivity (Wildman–Crippen MR) is 133 cm³/mol. The zero-order valence-corrected chi connectivity index (χ0v) is 20.8. The molecule has 0 unspecified atom stereocenters. The van der Waals surface area contributed by atoms with Gasteiger partial charge in [0.2, 0.25) is 5.91 Å². The van der Waals surface area contributed by atoms with Crippen molar-refractivity contribution in [3.05, 3.63) is 56.4 Å². The number of hydrogen-bond acceptors (Lipinski definition) is 7. The number of carbonyl (C=O) groups is 2. The number of carbonyl (C=O) groups excluding carboxylic acids is 2. The van der Waals surface area contributed by atoms with Crippen LogP contribution in [0.5, 0.6) is 0 Å². The van der Waals surface area contributed by atoms with Crippen molar-refractivity contribution in [1.29, 1.82) is 0 Å². The Kier molecular flexibility index (Phi) is 7.13. The minimum absolute atomic E-state index is 0.129. The highest BCUT2D eigenvalue weighted by Crippen LogP contribution is 2.27. The molecule has 180 valence electrons. The highest BCUT2D eigenvalue weighted by Gasteiger charge is 2.21. The fraction of sp³-hybridized carbons (Fsp3) is 0.440. The van der Waals surface area contributed by atoms with Gasteiger partial charge in [-0.15, -0.1) is 11.3 Å². The summed E-state index contributed by atoms with van der Waals surface area (Å²) in [7, 11) is 0. The van der Waals surface area contributed by atoms with Gasteiger partial charge in [0.1, 0.15) is 17.2 Å². The van der Waals surface area contributed by atoms with Crippen molar-refractivity contribution in [2.75, 3.05) is 18.4 Å². The summed E-state index contributed by atoms with van der Waals surface area (Å²) in [5.74, 6) is -0.123. The third-order valence-electron chi connectivity index (χ3n) is 5.98. The number of anilines is 1. The molecule has 2 aromatic heterocycles. The topological polar surface area (TPSA) is 93.5 Å². The maximum Gasteiger partial charge on any atom is 0.338 e. The number of fused-ring (bicyclic) bond motifs is 1. The molecule has 0 radical (unpaired) electrons. The van der Waals surface area contributed by atoms with Crippen LogP contribution in [-0.4, -0.2) is 45.5 Å². The van der Waals surface area contributed by atoms with Gasteiger partial charge >= 0.3 is 5.97 Å². The van der Waals surface area contributed by atoms with E-state index in [4.69, 9.17) is 9.72 Å². The first-order chi connectivity index (χ1) is 16.2. The molecule has 1 aromatic carbocycles. The average molecular weight is 483 g/mol. The Bertz CT molecular complexity index is 1270. The molecule has 0 saturated carbocycles. The van der Waals surface area contributed by atoms with Crippen LogP contribution in [0.2, 0.25) is 0 Å². The molecule has 0 aliphatic carbocycles. The number of esters is 1. The summed E-state index contributed by atoms with van der Waals surface area (Å²) >= 11 is 1.52. The summed E-state index contributed by atoms with van der Waals surface area (Å²) < 4.78 is 6.69. The third kappa shape index (κ3) is 5.20. The second-order valence-corrected chi connectivity index (χ2v) is 10.1. The van der Waals surface area contributed by atoms with E-state index >= 15 is 0 Å². The molecule has 0 bridgehead atoms. The standard InChI is InChI=1S/C25H30N4O4S/c1-15(2)33-25(32)18-7-9-19(10-8-18)26-21(30)14-29-20(13-28-11-5-6-12-28)27-23-22(24(29)31)16(3)17(4)34-23/h7-10,15H,5-6,11-14H2,1-4H3,(H,26,30). The van der Waals surface area contributed by atoms with Gasteiger partial charge in [-0.25, -0.2) is 9.78 Å². The van der Waals surface area contributed by atoms with Gasteiger partial charge in [-0.05, 0) is 83.5 Å². The number of aryl methyl sites for hydroxylation is 2. The SMILES string of the molecule is Cc1sc2nc(CN3CCCC3)n(CC(=O)Nc3ccc(C(=O)OC(C)C)cc3)c(=O)c2c1C. The fourth-order valence-electron chi connectivity index (χ4n) is 4.11. The summed E-state index contributed by atoms with van der Waals surface area (Å²) in [5.41, 5.74) is 1.69. The molecule has 0 spiro atoms. The van der Waals surface area contributed by atoms with Crippen LogP contribution in [-0.2, 0) is 22.6 Å². The molecule has 3 heterocycles. The normalized spacial score (nSPS) is 14.1. The van der Waals surface area contributed by atoms with Gasteiger partial charge in [0.15, 0.2) is 0 Å².